The van der Waals surface area contributed by atoms with Gasteiger partial charge in [0.05, 0.1) is 24.9 Å². The molecule has 1 saturated heterocycles. The van der Waals surface area contributed by atoms with Gasteiger partial charge in [0, 0.05) is 37.4 Å². The van der Waals surface area contributed by atoms with Gasteiger partial charge >= 0.3 is 0 Å². The minimum absolute atomic E-state index is 0.0494. The van der Waals surface area contributed by atoms with Crippen LogP contribution in [0.2, 0.25) is 0 Å². The Bertz CT molecular complexity index is 1180. The van der Waals surface area contributed by atoms with E-state index in [0.29, 0.717) is 30.1 Å². The zero-order valence-corrected chi connectivity index (χ0v) is 21.3. The van der Waals surface area contributed by atoms with Crippen LogP contribution in [-0.2, 0) is 4.79 Å². The van der Waals surface area contributed by atoms with Crippen molar-refractivity contribution in [2.45, 2.75) is 39.2 Å². The van der Waals surface area contributed by atoms with E-state index in [-0.39, 0.29) is 17.9 Å². The van der Waals surface area contributed by atoms with Crippen molar-refractivity contribution in [3.05, 3.63) is 65.9 Å². The fourth-order valence-corrected chi connectivity index (χ4v) is 4.38. The smallest absolute Gasteiger partial charge is 0.255 e. The number of hydrogen-bond acceptors (Lipinski definition) is 5. The maximum atomic E-state index is 13.5. The third kappa shape index (κ3) is 6.31. The highest BCUT2D eigenvalue weighted by atomic mass is 16.5. The molecule has 0 spiro atoms. The summed E-state index contributed by atoms with van der Waals surface area (Å²) >= 11 is 0. The number of aryl methyl sites for hydroxylation is 1. The van der Waals surface area contributed by atoms with Crippen LogP contribution in [0.15, 0.2) is 54.7 Å². The normalized spacial score (nSPS) is 14.4. The van der Waals surface area contributed by atoms with Crippen molar-refractivity contribution in [3.8, 4) is 22.7 Å². The molecule has 0 bridgehead atoms. The lowest BCUT2D eigenvalue weighted by Crippen LogP contribution is -2.47. The summed E-state index contributed by atoms with van der Waals surface area (Å²) in [6.07, 6.45) is 4.32. The molecular weight excluding hydrogens is 454 g/mol. The van der Waals surface area contributed by atoms with Crippen molar-refractivity contribution in [2.24, 2.45) is 0 Å². The third-order valence-corrected chi connectivity index (χ3v) is 6.46. The maximum Gasteiger partial charge on any atom is 0.255 e. The van der Waals surface area contributed by atoms with Crippen LogP contribution in [0.1, 0.15) is 42.1 Å². The maximum absolute atomic E-state index is 13.5. The van der Waals surface area contributed by atoms with Crippen LogP contribution in [-0.4, -0.2) is 65.8 Å². The van der Waals surface area contributed by atoms with Crippen LogP contribution in [0.5, 0.6) is 5.75 Å². The van der Waals surface area contributed by atoms with Gasteiger partial charge in [0.1, 0.15) is 11.4 Å². The molecule has 1 aliphatic rings. The number of aromatic nitrogens is 2. The second-order valence-corrected chi connectivity index (χ2v) is 9.28. The number of likely N-dealkylation sites (tertiary alicyclic amines) is 1. The number of carbonyl (C=O) groups is 2. The van der Waals surface area contributed by atoms with E-state index >= 15 is 0 Å². The molecule has 0 radical (unpaired) electrons. The van der Waals surface area contributed by atoms with Gasteiger partial charge < -0.3 is 15.4 Å². The predicted octanol–water partition coefficient (Wildman–Crippen LogP) is 3.58. The van der Waals surface area contributed by atoms with E-state index in [9.17, 15) is 9.59 Å². The Kier molecular flexibility index (Phi) is 8.38. The SMILES string of the molecule is CCCNC(=O)CN1CCC(NC(=O)c2cn(-c3ccc(C)cc3)nc2-c2cccc(OC)c2)CC1. The highest BCUT2D eigenvalue weighted by Gasteiger charge is 2.25. The number of nitrogens with zero attached hydrogens (tertiary/aromatic N) is 3. The van der Waals surface area contributed by atoms with Gasteiger partial charge in [-0.25, -0.2) is 4.68 Å². The van der Waals surface area contributed by atoms with Crippen molar-refractivity contribution in [1.29, 1.82) is 0 Å². The molecule has 8 nitrogen and oxygen atoms in total. The molecule has 0 saturated carbocycles. The second-order valence-electron chi connectivity index (χ2n) is 9.28. The van der Waals surface area contributed by atoms with Gasteiger partial charge in [0.2, 0.25) is 5.91 Å². The number of benzene rings is 2. The minimum Gasteiger partial charge on any atom is -0.497 e. The van der Waals surface area contributed by atoms with Gasteiger partial charge in [0.25, 0.3) is 5.91 Å². The summed E-state index contributed by atoms with van der Waals surface area (Å²) in [4.78, 5) is 27.6. The van der Waals surface area contributed by atoms with Crippen molar-refractivity contribution in [1.82, 2.24) is 25.3 Å². The standard InChI is InChI=1S/C28H35N5O3/c1-4-14-29-26(34)19-32-15-12-22(13-16-32)30-28(35)25-18-33(23-10-8-20(2)9-11-23)31-27(25)21-6-5-7-24(17-21)36-3/h5-11,17-18,22H,4,12-16,19H2,1-3H3,(H,29,34)(H,30,35). The van der Waals surface area contributed by atoms with E-state index in [0.717, 1.165) is 49.2 Å². The van der Waals surface area contributed by atoms with Gasteiger partial charge in [0.15, 0.2) is 0 Å². The molecule has 1 aromatic heterocycles. The monoisotopic (exact) mass is 489 g/mol. The Morgan fingerprint density at radius 2 is 1.86 bits per heavy atom. The molecule has 190 valence electrons. The number of ether oxygens (including phenoxy) is 1. The van der Waals surface area contributed by atoms with Crippen LogP contribution in [0, 0.1) is 6.92 Å². The van der Waals surface area contributed by atoms with E-state index < -0.39 is 0 Å². The number of methoxy groups -OCH3 is 1. The zero-order valence-electron chi connectivity index (χ0n) is 21.3. The summed E-state index contributed by atoms with van der Waals surface area (Å²) in [7, 11) is 1.62. The van der Waals surface area contributed by atoms with Crippen molar-refractivity contribution in [2.75, 3.05) is 33.3 Å². The van der Waals surface area contributed by atoms with Crippen LogP contribution in [0.25, 0.3) is 16.9 Å². The summed E-state index contributed by atoms with van der Waals surface area (Å²) in [5.41, 5.74) is 3.99. The quantitative estimate of drug-likeness (QED) is 0.480. The second kappa shape index (κ2) is 11.9. The lowest BCUT2D eigenvalue weighted by atomic mass is 10.0. The molecule has 4 rings (SSSR count). The molecule has 2 aromatic carbocycles. The third-order valence-electron chi connectivity index (χ3n) is 6.46. The molecule has 2 heterocycles. The first-order valence-electron chi connectivity index (χ1n) is 12.6. The van der Waals surface area contributed by atoms with E-state index in [1.165, 1.54) is 0 Å². The zero-order chi connectivity index (χ0) is 25.5. The molecule has 3 aromatic rings. The van der Waals surface area contributed by atoms with Gasteiger partial charge in [-0.05, 0) is 50.5 Å². The predicted molar refractivity (Wildman–Crippen MR) is 141 cm³/mol. The highest BCUT2D eigenvalue weighted by molar-refractivity contribution is 6.00. The van der Waals surface area contributed by atoms with Gasteiger partial charge in [-0.2, -0.15) is 5.10 Å². The Morgan fingerprint density at radius 3 is 2.56 bits per heavy atom. The molecule has 36 heavy (non-hydrogen) atoms. The van der Waals surface area contributed by atoms with Gasteiger partial charge in [-0.1, -0.05) is 36.8 Å². The molecule has 0 unspecified atom stereocenters. The molecule has 0 aliphatic carbocycles. The molecule has 8 heteroatoms. The Labute approximate surface area is 212 Å². The van der Waals surface area contributed by atoms with Crippen molar-refractivity contribution >= 4 is 11.8 Å². The van der Waals surface area contributed by atoms with E-state index in [2.05, 4.69) is 15.5 Å². The highest BCUT2D eigenvalue weighted by Crippen LogP contribution is 2.27. The van der Waals surface area contributed by atoms with E-state index in [1.807, 2.05) is 62.4 Å². The first-order valence-corrected chi connectivity index (χ1v) is 12.6. The molecule has 0 atom stereocenters. The number of nitrogens with one attached hydrogen (secondary N) is 2. The Hall–Kier alpha value is -3.65. The number of rotatable bonds is 9. The summed E-state index contributed by atoms with van der Waals surface area (Å²) in [5.74, 6) is 0.621. The molecule has 2 N–H and O–H groups in total. The van der Waals surface area contributed by atoms with Gasteiger partial charge in [-0.3, -0.25) is 14.5 Å². The fraction of sp³-hybridized carbons (Fsp3) is 0.393. The average Bonchev–Trinajstić information content (AvgIpc) is 3.35. The number of carbonyl (C=O) groups excluding carboxylic acids is 2. The van der Waals surface area contributed by atoms with E-state index in [4.69, 9.17) is 9.84 Å². The summed E-state index contributed by atoms with van der Waals surface area (Å²) in [6, 6.07) is 15.7. The molecule has 1 fully saturated rings. The fourth-order valence-electron chi connectivity index (χ4n) is 4.38. The van der Waals surface area contributed by atoms with Crippen LogP contribution < -0.4 is 15.4 Å². The average molecular weight is 490 g/mol. The summed E-state index contributed by atoms with van der Waals surface area (Å²) in [5, 5.41) is 10.9. The van der Waals surface area contributed by atoms with Crippen molar-refractivity contribution < 1.29 is 14.3 Å². The number of hydrogen-bond donors (Lipinski definition) is 2. The van der Waals surface area contributed by atoms with Crippen LogP contribution in [0.4, 0.5) is 0 Å². The van der Waals surface area contributed by atoms with Crippen LogP contribution in [0.3, 0.4) is 0 Å². The topological polar surface area (TPSA) is 88.5 Å². The lowest BCUT2D eigenvalue weighted by molar-refractivity contribution is -0.122. The van der Waals surface area contributed by atoms with Gasteiger partial charge in [-0.15, -0.1) is 0 Å². The Morgan fingerprint density at radius 1 is 1.11 bits per heavy atom. The van der Waals surface area contributed by atoms with E-state index in [1.54, 1.807) is 18.0 Å². The summed E-state index contributed by atoms with van der Waals surface area (Å²) in [6.45, 7) is 6.74. The minimum atomic E-state index is -0.148. The first-order chi connectivity index (χ1) is 17.5. The first kappa shape index (κ1) is 25.4. The molecule has 1 aliphatic heterocycles. The Balaban J connectivity index is 1.49. The summed E-state index contributed by atoms with van der Waals surface area (Å²) < 4.78 is 7.14. The molecular formula is C28H35N5O3. The molecule has 2 amide bonds. The number of piperidine rings is 1. The van der Waals surface area contributed by atoms with Crippen LogP contribution >= 0.6 is 0 Å². The van der Waals surface area contributed by atoms with Crippen molar-refractivity contribution in [3.63, 3.8) is 0 Å². The number of amides is 2. The largest absolute Gasteiger partial charge is 0.497 e. The lowest BCUT2D eigenvalue weighted by Gasteiger charge is -2.31.